The van der Waals surface area contributed by atoms with E-state index in [-0.39, 0.29) is 19.1 Å². The largest absolute Gasteiger partial charge is 0.482 e. The third-order valence-electron chi connectivity index (χ3n) is 4.32. The number of hydrogen-bond donors (Lipinski definition) is 1. The van der Waals surface area contributed by atoms with Crippen LogP contribution in [0.4, 0.5) is 11.4 Å². The fourth-order valence-electron chi connectivity index (χ4n) is 2.70. The molecule has 0 heterocycles. The van der Waals surface area contributed by atoms with Gasteiger partial charge in [0.25, 0.3) is 5.91 Å². The van der Waals surface area contributed by atoms with Crippen LogP contribution in [0.15, 0.2) is 84.9 Å². The second-order valence-electron chi connectivity index (χ2n) is 6.70. The molecule has 6 heteroatoms. The Morgan fingerprint density at radius 3 is 2.07 bits per heavy atom. The summed E-state index contributed by atoms with van der Waals surface area (Å²) in [5, 5.41) is 3.27. The van der Waals surface area contributed by atoms with Crippen molar-refractivity contribution in [3.05, 3.63) is 90.5 Å². The highest BCUT2D eigenvalue weighted by molar-refractivity contribution is 5.80. The van der Waals surface area contributed by atoms with E-state index in [1.807, 2.05) is 72.8 Å². The van der Waals surface area contributed by atoms with Crippen molar-refractivity contribution in [2.45, 2.75) is 6.54 Å². The third kappa shape index (κ3) is 6.67. The zero-order valence-electron chi connectivity index (χ0n) is 16.8. The number of carbonyl (C=O) groups excluding carboxylic acids is 2. The fraction of sp³-hybridized carbons (Fsp3) is 0.167. The van der Waals surface area contributed by atoms with Crippen LogP contribution < -0.4 is 10.1 Å². The van der Waals surface area contributed by atoms with Crippen LogP contribution >= 0.6 is 0 Å². The topological polar surface area (TPSA) is 67.9 Å². The maximum Gasteiger partial charge on any atom is 0.344 e. The van der Waals surface area contributed by atoms with Crippen LogP contribution in [-0.2, 0) is 20.9 Å². The molecule has 0 aromatic heterocycles. The molecule has 1 N–H and O–H groups in total. The first-order valence-electron chi connectivity index (χ1n) is 9.58. The smallest absolute Gasteiger partial charge is 0.344 e. The van der Waals surface area contributed by atoms with Gasteiger partial charge in [-0.3, -0.25) is 4.79 Å². The molecule has 1 amide bonds. The van der Waals surface area contributed by atoms with E-state index >= 15 is 0 Å². The summed E-state index contributed by atoms with van der Waals surface area (Å²) in [6.45, 7) is -0.121. The van der Waals surface area contributed by atoms with E-state index in [9.17, 15) is 9.59 Å². The van der Waals surface area contributed by atoms with E-state index in [0.717, 1.165) is 16.9 Å². The summed E-state index contributed by atoms with van der Waals surface area (Å²) in [4.78, 5) is 25.5. The number of para-hydroxylation sites is 1. The average Bonchev–Trinajstić information content (AvgIpc) is 2.78. The van der Waals surface area contributed by atoms with Crippen LogP contribution in [0.3, 0.4) is 0 Å². The maximum atomic E-state index is 12.1. The van der Waals surface area contributed by atoms with E-state index < -0.39 is 5.97 Å². The van der Waals surface area contributed by atoms with Crippen molar-refractivity contribution in [2.24, 2.45) is 0 Å². The van der Waals surface area contributed by atoms with Crippen molar-refractivity contribution in [2.75, 3.05) is 25.6 Å². The van der Waals surface area contributed by atoms with E-state index in [1.54, 1.807) is 19.2 Å². The van der Waals surface area contributed by atoms with Crippen LogP contribution in [-0.4, -0.2) is 37.0 Å². The number of ether oxygens (including phenoxy) is 2. The minimum atomic E-state index is -0.594. The zero-order valence-corrected chi connectivity index (χ0v) is 16.8. The lowest BCUT2D eigenvalue weighted by atomic mass is 10.2. The second kappa shape index (κ2) is 10.7. The minimum absolute atomic E-state index is 0.263. The molecule has 3 aromatic carbocycles. The first-order chi connectivity index (χ1) is 14.6. The number of rotatable bonds is 9. The summed E-state index contributed by atoms with van der Waals surface area (Å²) in [7, 11) is 1.67. The number of benzene rings is 3. The maximum absolute atomic E-state index is 12.1. The van der Waals surface area contributed by atoms with Crippen LogP contribution in [0, 0.1) is 0 Å². The van der Waals surface area contributed by atoms with Crippen molar-refractivity contribution >= 4 is 23.3 Å². The van der Waals surface area contributed by atoms with Crippen molar-refractivity contribution < 1.29 is 19.1 Å². The van der Waals surface area contributed by atoms with E-state index in [2.05, 4.69) is 5.32 Å². The van der Waals surface area contributed by atoms with Gasteiger partial charge in [-0.2, -0.15) is 0 Å². The highest BCUT2D eigenvalue weighted by Crippen LogP contribution is 2.19. The quantitative estimate of drug-likeness (QED) is 0.546. The Labute approximate surface area is 176 Å². The van der Waals surface area contributed by atoms with Gasteiger partial charge in [-0.1, -0.05) is 48.5 Å². The minimum Gasteiger partial charge on any atom is -0.482 e. The molecule has 3 rings (SSSR count). The Kier molecular flexibility index (Phi) is 7.44. The number of carbonyl (C=O) groups is 2. The third-order valence-corrected chi connectivity index (χ3v) is 4.32. The molecule has 3 aromatic rings. The van der Waals surface area contributed by atoms with E-state index in [4.69, 9.17) is 9.47 Å². The average molecular weight is 404 g/mol. The molecule has 0 aliphatic heterocycles. The number of hydrogen-bond acceptors (Lipinski definition) is 5. The van der Waals surface area contributed by atoms with Gasteiger partial charge in [0.2, 0.25) is 0 Å². The normalized spacial score (nSPS) is 10.2. The molecule has 6 nitrogen and oxygen atoms in total. The predicted octanol–water partition coefficient (Wildman–Crippen LogP) is 4.01. The van der Waals surface area contributed by atoms with Gasteiger partial charge in [-0.15, -0.1) is 0 Å². The van der Waals surface area contributed by atoms with Crippen LogP contribution in [0.25, 0.3) is 0 Å². The number of nitrogens with zero attached hydrogens (tertiary/aromatic N) is 1. The molecule has 0 unspecified atom stereocenters. The molecular weight excluding hydrogens is 380 g/mol. The molecule has 0 radical (unpaired) electrons. The molecule has 30 heavy (non-hydrogen) atoms. The molecule has 0 saturated carbocycles. The standard InChI is InChI=1S/C24H24N2O4/c1-26(16-19-8-4-2-5-9-19)23(27)17-30-24(28)18-29-22-14-12-21(13-15-22)25-20-10-6-3-7-11-20/h2-15,25H,16-18H2,1H3. The monoisotopic (exact) mass is 404 g/mol. The lowest BCUT2D eigenvalue weighted by Gasteiger charge is -2.17. The number of nitrogens with one attached hydrogen (secondary N) is 1. The molecule has 0 fully saturated rings. The Balaban J connectivity index is 1.38. The molecule has 0 bridgehead atoms. The lowest BCUT2D eigenvalue weighted by molar-refractivity contribution is -0.153. The summed E-state index contributed by atoms with van der Waals surface area (Å²) < 4.78 is 10.5. The lowest BCUT2D eigenvalue weighted by Crippen LogP contribution is -2.31. The number of likely N-dealkylation sites (N-methyl/N-ethyl adjacent to an activating group) is 1. The molecule has 0 atom stereocenters. The molecule has 0 spiro atoms. The first-order valence-corrected chi connectivity index (χ1v) is 9.58. The Morgan fingerprint density at radius 1 is 0.800 bits per heavy atom. The number of amides is 1. The van der Waals surface area contributed by atoms with Crippen LogP contribution in [0.1, 0.15) is 5.56 Å². The number of esters is 1. The van der Waals surface area contributed by atoms with Crippen LogP contribution in [0.5, 0.6) is 5.75 Å². The van der Waals surface area contributed by atoms with Crippen molar-refractivity contribution in [1.29, 1.82) is 0 Å². The second-order valence-corrected chi connectivity index (χ2v) is 6.70. The van der Waals surface area contributed by atoms with Crippen LogP contribution in [0.2, 0.25) is 0 Å². The van der Waals surface area contributed by atoms with Gasteiger partial charge in [-0.25, -0.2) is 4.79 Å². The summed E-state index contributed by atoms with van der Waals surface area (Å²) in [6, 6.07) is 26.7. The highest BCUT2D eigenvalue weighted by Gasteiger charge is 2.13. The molecule has 0 aliphatic carbocycles. The summed E-state index contributed by atoms with van der Waals surface area (Å²) in [5.41, 5.74) is 2.90. The molecular formula is C24H24N2O4. The Morgan fingerprint density at radius 2 is 1.40 bits per heavy atom. The predicted molar refractivity (Wildman–Crippen MR) is 116 cm³/mol. The Hall–Kier alpha value is -3.80. The van der Waals surface area contributed by atoms with Gasteiger partial charge in [0, 0.05) is 25.0 Å². The number of anilines is 2. The van der Waals surface area contributed by atoms with Gasteiger partial charge in [0.1, 0.15) is 5.75 Å². The van der Waals surface area contributed by atoms with Gasteiger partial charge in [0.15, 0.2) is 13.2 Å². The van der Waals surface area contributed by atoms with Crippen molar-refractivity contribution in [3.63, 3.8) is 0 Å². The molecule has 0 saturated heterocycles. The van der Waals surface area contributed by atoms with Crippen molar-refractivity contribution in [1.82, 2.24) is 4.90 Å². The fourth-order valence-corrected chi connectivity index (χ4v) is 2.70. The summed E-state index contributed by atoms with van der Waals surface area (Å²) in [6.07, 6.45) is 0. The van der Waals surface area contributed by atoms with E-state index in [1.165, 1.54) is 4.90 Å². The van der Waals surface area contributed by atoms with Gasteiger partial charge in [-0.05, 0) is 42.0 Å². The molecule has 0 aliphatic rings. The highest BCUT2D eigenvalue weighted by atomic mass is 16.6. The van der Waals surface area contributed by atoms with Crippen molar-refractivity contribution in [3.8, 4) is 5.75 Å². The Bertz CT molecular complexity index is 944. The van der Waals surface area contributed by atoms with E-state index in [0.29, 0.717) is 12.3 Å². The van der Waals surface area contributed by atoms with Gasteiger partial charge < -0.3 is 19.7 Å². The summed E-state index contributed by atoms with van der Waals surface area (Å²) >= 11 is 0. The van der Waals surface area contributed by atoms with Gasteiger partial charge in [0.05, 0.1) is 0 Å². The van der Waals surface area contributed by atoms with Gasteiger partial charge >= 0.3 is 5.97 Å². The molecule has 154 valence electrons. The SMILES string of the molecule is CN(Cc1ccccc1)C(=O)COC(=O)COc1ccc(Nc2ccccc2)cc1. The zero-order chi connectivity index (χ0) is 21.2. The first kappa shape index (κ1) is 20.9. The summed E-state index contributed by atoms with van der Waals surface area (Å²) in [5.74, 6) is -0.329.